The lowest BCUT2D eigenvalue weighted by Crippen LogP contribution is -2.27. The first-order valence-electron chi connectivity index (χ1n) is 5.34. The molecule has 100 valence electrons. The van der Waals surface area contributed by atoms with Gasteiger partial charge in [-0.3, -0.25) is 10.1 Å². The van der Waals surface area contributed by atoms with Gasteiger partial charge in [0, 0.05) is 13.2 Å². The molecule has 0 aliphatic carbocycles. The van der Waals surface area contributed by atoms with E-state index in [1.807, 2.05) is 0 Å². The summed E-state index contributed by atoms with van der Waals surface area (Å²) in [6.45, 7) is 4.31. The van der Waals surface area contributed by atoms with E-state index in [0.717, 1.165) is 6.33 Å². The Labute approximate surface area is 103 Å². The second kappa shape index (κ2) is 6.67. The molecule has 0 bridgehead atoms. The molecule has 0 amide bonds. The van der Waals surface area contributed by atoms with Crippen LogP contribution in [0.5, 0.6) is 0 Å². The summed E-state index contributed by atoms with van der Waals surface area (Å²) in [6.07, 6.45) is 0.299. The van der Waals surface area contributed by atoms with Gasteiger partial charge in [0.2, 0.25) is 18.0 Å². The molecular weight excluding hydrogens is 242 g/mol. The minimum Gasteiger partial charge on any atom is -0.378 e. The molecule has 0 aliphatic rings. The molecule has 0 fully saturated rings. The Morgan fingerprint density at radius 1 is 1.44 bits per heavy atom. The van der Waals surface area contributed by atoms with Gasteiger partial charge in [-0.1, -0.05) is 0 Å². The van der Waals surface area contributed by atoms with E-state index in [-0.39, 0.29) is 11.6 Å². The van der Waals surface area contributed by atoms with Crippen LogP contribution in [0.3, 0.4) is 0 Å². The number of nitrogen functional groups attached to an aromatic ring is 1. The van der Waals surface area contributed by atoms with Crippen LogP contribution in [0.1, 0.15) is 13.8 Å². The Kier molecular flexibility index (Phi) is 5.21. The number of hydrogen-bond acceptors (Lipinski definition) is 8. The molecule has 1 aromatic rings. The van der Waals surface area contributed by atoms with Crippen LogP contribution in [0.25, 0.3) is 0 Å². The summed E-state index contributed by atoms with van der Waals surface area (Å²) in [5.74, 6) is -0.261. The molecule has 0 atom stereocenters. The summed E-state index contributed by atoms with van der Waals surface area (Å²) in [5, 5.41) is 13.5. The van der Waals surface area contributed by atoms with Gasteiger partial charge in [-0.2, -0.15) is 0 Å². The third kappa shape index (κ3) is 3.50. The standard InChI is InChI=1S/C9H15N5O4/c1-3-17-9(18-4-2)13-8-6(14(15)16)7(10)11-5-12-8/h5,9H,3-4H2,1-2H3,(H3,10,11,12,13). The van der Waals surface area contributed by atoms with Crippen LogP contribution in [0.15, 0.2) is 6.33 Å². The van der Waals surface area contributed by atoms with Crippen molar-refractivity contribution in [3.05, 3.63) is 16.4 Å². The number of aromatic nitrogens is 2. The molecule has 1 heterocycles. The molecule has 1 rings (SSSR count). The molecule has 9 heteroatoms. The lowest BCUT2D eigenvalue weighted by molar-refractivity contribution is -0.383. The topological polar surface area (TPSA) is 125 Å². The molecular formula is C9H15N5O4. The van der Waals surface area contributed by atoms with Gasteiger partial charge in [0.15, 0.2) is 0 Å². The molecule has 0 saturated heterocycles. The van der Waals surface area contributed by atoms with Crippen molar-refractivity contribution in [1.29, 1.82) is 0 Å². The van der Waals surface area contributed by atoms with Crippen molar-refractivity contribution in [1.82, 2.24) is 9.97 Å². The first-order chi connectivity index (χ1) is 8.60. The fourth-order valence-electron chi connectivity index (χ4n) is 1.22. The maximum absolute atomic E-state index is 10.9. The van der Waals surface area contributed by atoms with E-state index in [9.17, 15) is 10.1 Å². The smallest absolute Gasteiger partial charge is 0.353 e. The maximum atomic E-state index is 10.9. The first kappa shape index (κ1) is 14.1. The Morgan fingerprint density at radius 2 is 2.06 bits per heavy atom. The Morgan fingerprint density at radius 3 is 2.56 bits per heavy atom. The van der Waals surface area contributed by atoms with E-state index in [4.69, 9.17) is 15.2 Å². The highest BCUT2D eigenvalue weighted by Gasteiger charge is 2.23. The van der Waals surface area contributed by atoms with Crippen LogP contribution in [-0.4, -0.2) is 34.5 Å². The number of nitro groups is 1. The van der Waals surface area contributed by atoms with Gasteiger partial charge >= 0.3 is 5.69 Å². The molecule has 9 nitrogen and oxygen atoms in total. The van der Waals surface area contributed by atoms with Crippen LogP contribution in [0.4, 0.5) is 17.3 Å². The van der Waals surface area contributed by atoms with Crippen molar-refractivity contribution in [2.24, 2.45) is 0 Å². The van der Waals surface area contributed by atoms with Crippen molar-refractivity contribution < 1.29 is 14.4 Å². The van der Waals surface area contributed by atoms with Gasteiger partial charge in [-0.15, -0.1) is 0 Å². The summed E-state index contributed by atoms with van der Waals surface area (Å²) in [6, 6.07) is 0. The van der Waals surface area contributed by atoms with Crippen molar-refractivity contribution in [2.75, 3.05) is 24.3 Å². The first-order valence-corrected chi connectivity index (χ1v) is 5.34. The molecule has 0 unspecified atom stereocenters. The zero-order chi connectivity index (χ0) is 13.5. The Hall–Kier alpha value is -2.00. The van der Waals surface area contributed by atoms with Gasteiger partial charge in [-0.05, 0) is 13.8 Å². The third-order valence-electron chi connectivity index (χ3n) is 1.92. The summed E-state index contributed by atoms with van der Waals surface area (Å²) >= 11 is 0. The molecule has 1 aromatic heterocycles. The Balaban J connectivity index is 2.94. The highest BCUT2D eigenvalue weighted by atomic mass is 16.7. The zero-order valence-corrected chi connectivity index (χ0v) is 10.1. The number of ether oxygens (including phenoxy) is 2. The van der Waals surface area contributed by atoms with Crippen LogP contribution >= 0.6 is 0 Å². The molecule has 0 aromatic carbocycles. The Bertz CT molecular complexity index is 408. The van der Waals surface area contributed by atoms with Crippen molar-refractivity contribution in [3.63, 3.8) is 0 Å². The normalized spacial score (nSPS) is 10.6. The highest BCUT2D eigenvalue weighted by molar-refractivity contribution is 5.67. The average molecular weight is 257 g/mol. The number of hydrogen-bond donors (Lipinski definition) is 2. The predicted octanol–water partition coefficient (Wildman–Crippen LogP) is 0.736. The van der Waals surface area contributed by atoms with Crippen molar-refractivity contribution in [3.8, 4) is 0 Å². The van der Waals surface area contributed by atoms with E-state index in [1.165, 1.54) is 0 Å². The van der Waals surface area contributed by atoms with Crippen molar-refractivity contribution >= 4 is 17.3 Å². The molecule has 0 spiro atoms. The van der Waals surface area contributed by atoms with Gasteiger partial charge in [-0.25, -0.2) is 9.97 Å². The molecule has 0 saturated carbocycles. The predicted molar refractivity (Wildman–Crippen MR) is 63.8 cm³/mol. The van der Waals surface area contributed by atoms with Crippen LogP contribution < -0.4 is 11.1 Å². The van der Waals surface area contributed by atoms with Gasteiger partial charge in [0.25, 0.3) is 0 Å². The van der Waals surface area contributed by atoms with Gasteiger partial charge in [0.05, 0.1) is 4.92 Å². The summed E-state index contributed by atoms with van der Waals surface area (Å²) in [7, 11) is 0. The van der Waals surface area contributed by atoms with Crippen LogP contribution in [-0.2, 0) is 9.47 Å². The fourth-order valence-corrected chi connectivity index (χ4v) is 1.22. The van der Waals surface area contributed by atoms with Crippen molar-refractivity contribution in [2.45, 2.75) is 20.3 Å². The minimum atomic E-state index is -0.826. The lowest BCUT2D eigenvalue weighted by Gasteiger charge is -2.18. The monoisotopic (exact) mass is 257 g/mol. The van der Waals surface area contributed by atoms with E-state index in [1.54, 1.807) is 13.8 Å². The number of nitrogens with one attached hydrogen (secondary N) is 1. The molecule has 0 aliphatic heterocycles. The average Bonchev–Trinajstić information content (AvgIpc) is 2.29. The fraction of sp³-hybridized carbons (Fsp3) is 0.556. The summed E-state index contributed by atoms with van der Waals surface area (Å²) in [5.41, 5.74) is 5.03. The second-order valence-electron chi connectivity index (χ2n) is 3.10. The number of nitrogens with two attached hydrogens (primary N) is 1. The number of rotatable bonds is 7. The largest absolute Gasteiger partial charge is 0.378 e. The lowest BCUT2D eigenvalue weighted by atomic mass is 10.4. The summed E-state index contributed by atoms with van der Waals surface area (Å²) in [4.78, 5) is 17.5. The molecule has 18 heavy (non-hydrogen) atoms. The second-order valence-corrected chi connectivity index (χ2v) is 3.10. The molecule has 3 N–H and O–H groups in total. The third-order valence-corrected chi connectivity index (χ3v) is 1.92. The summed E-state index contributed by atoms with van der Waals surface area (Å²) < 4.78 is 10.4. The highest BCUT2D eigenvalue weighted by Crippen LogP contribution is 2.26. The minimum absolute atomic E-state index is 0.0422. The SMILES string of the molecule is CCOC(Nc1ncnc(N)c1[N+](=O)[O-])OCC. The van der Waals surface area contributed by atoms with E-state index < -0.39 is 17.0 Å². The quantitative estimate of drug-likeness (QED) is 0.416. The zero-order valence-electron chi connectivity index (χ0n) is 10.1. The van der Waals surface area contributed by atoms with Crippen LogP contribution in [0.2, 0.25) is 0 Å². The maximum Gasteiger partial charge on any atom is 0.353 e. The van der Waals surface area contributed by atoms with Crippen LogP contribution in [0, 0.1) is 10.1 Å². The van der Waals surface area contributed by atoms with E-state index in [2.05, 4.69) is 15.3 Å². The van der Waals surface area contributed by atoms with Gasteiger partial charge in [0.1, 0.15) is 6.33 Å². The van der Waals surface area contributed by atoms with E-state index >= 15 is 0 Å². The number of anilines is 2. The number of nitrogens with zero attached hydrogens (tertiary/aromatic N) is 3. The molecule has 0 radical (unpaired) electrons. The van der Waals surface area contributed by atoms with Gasteiger partial charge < -0.3 is 20.5 Å². The van der Waals surface area contributed by atoms with E-state index in [0.29, 0.717) is 13.2 Å².